The molecule has 0 heterocycles. The molecule has 0 rings (SSSR count). The van der Waals surface area contributed by atoms with Crippen molar-refractivity contribution < 1.29 is 9.53 Å². The van der Waals surface area contributed by atoms with E-state index in [1.54, 1.807) is 0 Å². The molecule has 13 heavy (non-hydrogen) atoms. The average Bonchev–Trinajstić information content (AvgIpc) is 2.04. The summed E-state index contributed by atoms with van der Waals surface area (Å²) in [6, 6.07) is 0. The molecule has 0 amide bonds. The van der Waals surface area contributed by atoms with Gasteiger partial charge in [0, 0.05) is 0 Å². The van der Waals surface area contributed by atoms with Crippen LogP contribution >= 0.6 is 0 Å². The van der Waals surface area contributed by atoms with Gasteiger partial charge in [0.1, 0.15) is 5.60 Å². The lowest BCUT2D eigenvalue weighted by molar-refractivity contribution is -0.167. The summed E-state index contributed by atoms with van der Waals surface area (Å²) in [5, 5.41) is 0. The van der Waals surface area contributed by atoms with Crippen LogP contribution in [0, 0.1) is 5.41 Å². The summed E-state index contributed by atoms with van der Waals surface area (Å²) >= 11 is 0. The Morgan fingerprint density at radius 3 is 1.85 bits per heavy atom. The van der Waals surface area contributed by atoms with Crippen molar-refractivity contribution in [3.63, 3.8) is 0 Å². The summed E-state index contributed by atoms with van der Waals surface area (Å²) in [5.41, 5.74) is -0.685. The zero-order valence-electron chi connectivity index (χ0n) is 9.73. The van der Waals surface area contributed by atoms with Gasteiger partial charge in [-0.2, -0.15) is 0 Å². The van der Waals surface area contributed by atoms with Gasteiger partial charge < -0.3 is 4.74 Å². The lowest BCUT2D eigenvalue weighted by Gasteiger charge is -2.29. The van der Waals surface area contributed by atoms with Crippen molar-refractivity contribution in [2.24, 2.45) is 5.41 Å². The van der Waals surface area contributed by atoms with E-state index in [0.717, 1.165) is 12.8 Å². The van der Waals surface area contributed by atoms with Crippen LogP contribution in [0.3, 0.4) is 0 Å². The van der Waals surface area contributed by atoms with Crippen molar-refractivity contribution in [1.29, 1.82) is 0 Å². The number of carbonyl (C=O) groups excluding carboxylic acids is 1. The van der Waals surface area contributed by atoms with E-state index in [4.69, 9.17) is 4.74 Å². The van der Waals surface area contributed by atoms with Gasteiger partial charge in [-0.1, -0.05) is 13.8 Å². The zero-order valence-corrected chi connectivity index (χ0v) is 9.73. The molecule has 0 aromatic rings. The molecule has 0 N–H and O–H groups in total. The van der Waals surface area contributed by atoms with Crippen LogP contribution in [0.5, 0.6) is 0 Å². The molecule has 0 aromatic heterocycles. The molecule has 0 atom stereocenters. The summed E-state index contributed by atoms with van der Waals surface area (Å²) in [7, 11) is 0. The molecule has 0 saturated carbocycles. The predicted molar refractivity (Wildman–Crippen MR) is 54.5 cm³/mol. The molecule has 0 spiro atoms. The first kappa shape index (κ1) is 12.5. The molecule has 78 valence electrons. The van der Waals surface area contributed by atoms with Crippen LogP contribution in [0.15, 0.2) is 0 Å². The van der Waals surface area contributed by atoms with Gasteiger partial charge in [-0.05, 0) is 40.5 Å². The summed E-state index contributed by atoms with van der Waals surface area (Å²) in [6.07, 6.45) is 1.66. The standard InChI is InChI=1S/C11H22O2/c1-7-10(3,4)9(12)13-11(5,6)8-2/h7-8H2,1-6H3. The maximum atomic E-state index is 11.6. The second kappa shape index (κ2) is 4.12. The fourth-order valence-electron chi connectivity index (χ4n) is 0.606. The third-order valence-electron chi connectivity index (χ3n) is 2.66. The lowest BCUT2D eigenvalue weighted by Crippen LogP contribution is -2.34. The van der Waals surface area contributed by atoms with E-state index < -0.39 is 0 Å². The van der Waals surface area contributed by atoms with Crippen LogP contribution in [0.4, 0.5) is 0 Å². The SMILES string of the molecule is CCC(C)(C)OC(=O)C(C)(C)CC. The Morgan fingerprint density at radius 2 is 1.54 bits per heavy atom. The number of hydrogen-bond donors (Lipinski definition) is 0. The first-order chi connectivity index (χ1) is 5.75. The quantitative estimate of drug-likeness (QED) is 0.630. The Labute approximate surface area is 81.7 Å². The fraction of sp³-hybridized carbons (Fsp3) is 0.909. The smallest absolute Gasteiger partial charge is 0.312 e. The molecule has 0 aromatic carbocycles. The Bertz CT molecular complexity index is 181. The average molecular weight is 186 g/mol. The molecule has 0 aliphatic carbocycles. The third kappa shape index (κ3) is 3.79. The number of hydrogen-bond acceptors (Lipinski definition) is 2. The van der Waals surface area contributed by atoms with E-state index in [1.165, 1.54) is 0 Å². The Kier molecular flexibility index (Phi) is 3.95. The summed E-state index contributed by atoms with van der Waals surface area (Å²) in [5.74, 6) is -0.0955. The lowest BCUT2D eigenvalue weighted by atomic mass is 9.90. The van der Waals surface area contributed by atoms with Gasteiger partial charge in [0.15, 0.2) is 0 Å². The number of rotatable bonds is 4. The fourth-order valence-corrected chi connectivity index (χ4v) is 0.606. The minimum Gasteiger partial charge on any atom is -0.459 e. The first-order valence-electron chi connectivity index (χ1n) is 4.98. The van der Waals surface area contributed by atoms with E-state index in [0.29, 0.717) is 0 Å². The minimum absolute atomic E-state index is 0.0955. The van der Waals surface area contributed by atoms with Crippen molar-refractivity contribution in [3.05, 3.63) is 0 Å². The van der Waals surface area contributed by atoms with Gasteiger partial charge in [0.2, 0.25) is 0 Å². The highest BCUT2D eigenvalue weighted by Gasteiger charge is 2.31. The monoisotopic (exact) mass is 186 g/mol. The Morgan fingerprint density at radius 1 is 1.08 bits per heavy atom. The molecule has 0 fully saturated rings. The van der Waals surface area contributed by atoms with Crippen molar-refractivity contribution in [2.45, 2.75) is 60.0 Å². The summed E-state index contributed by atoms with van der Waals surface area (Å²) in [6.45, 7) is 11.7. The van der Waals surface area contributed by atoms with Gasteiger partial charge in [-0.15, -0.1) is 0 Å². The molecule has 2 heteroatoms. The maximum Gasteiger partial charge on any atom is 0.312 e. The van der Waals surface area contributed by atoms with Crippen LogP contribution in [0.25, 0.3) is 0 Å². The number of carbonyl (C=O) groups is 1. The molecule has 0 saturated heterocycles. The van der Waals surface area contributed by atoms with E-state index in [9.17, 15) is 4.79 Å². The van der Waals surface area contributed by atoms with E-state index in [-0.39, 0.29) is 17.0 Å². The van der Waals surface area contributed by atoms with Crippen LogP contribution in [-0.2, 0) is 9.53 Å². The van der Waals surface area contributed by atoms with Crippen LogP contribution in [0.2, 0.25) is 0 Å². The Hall–Kier alpha value is -0.530. The molecule has 0 radical (unpaired) electrons. The van der Waals surface area contributed by atoms with Gasteiger partial charge in [-0.3, -0.25) is 4.79 Å². The molecule has 0 aliphatic heterocycles. The van der Waals surface area contributed by atoms with E-state index in [2.05, 4.69) is 0 Å². The van der Waals surface area contributed by atoms with Crippen molar-refractivity contribution in [2.75, 3.05) is 0 Å². The van der Waals surface area contributed by atoms with Crippen LogP contribution in [-0.4, -0.2) is 11.6 Å². The largest absolute Gasteiger partial charge is 0.459 e. The molecular weight excluding hydrogens is 164 g/mol. The maximum absolute atomic E-state index is 11.6. The van der Waals surface area contributed by atoms with E-state index >= 15 is 0 Å². The topological polar surface area (TPSA) is 26.3 Å². The van der Waals surface area contributed by atoms with Gasteiger partial charge in [0.25, 0.3) is 0 Å². The number of ether oxygens (including phenoxy) is 1. The highest BCUT2D eigenvalue weighted by molar-refractivity contribution is 5.76. The summed E-state index contributed by atoms with van der Waals surface area (Å²) in [4.78, 5) is 11.6. The van der Waals surface area contributed by atoms with Crippen molar-refractivity contribution >= 4 is 5.97 Å². The van der Waals surface area contributed by atoms with Gasteiger partial charge in [-0.25, -0.2) is 0 Å². The Balaban J connectivity index is 4.31. The summed E-state index contributed by atoms with van der Waals surface area (Å²) < 4.78 is 5.40. The minimum atomic E-state index is -0.355. The second-order valence-corrected chi connectivity index (χ2v) is 4.74. The zero-order chi connectivity index (χ0) is 10.7. The molecule has 0 aliphatic rings. The normalized spacial score (nSPS) is 12.8. The molecule has 2 nitrogen and oxygen atoms in total. The highest BCUT2D eigenvalue weighted by atomic mass is 16.6. The van der Waals surface area contributed by atoms with Crippen molar-refractivity contribution in [1.82, 2.24) is 0 Å². The molecule has 0 bridgehead atoms. The van der Waals surface area contributed by atoms with Crippen LogP contribution in [0.1, 0.15) is 54.4 Å². The van der Waals surface area contributed by atoms with Gasteiger partial charge in [0.05, 0.1) is 5.41 Å². The third-order valence-corrected chi connectivity index (χ3v) is 2.66. The predicted octanol–water partition coefficient (Wildman–Crippen LogP) is 3.15. The van der Waals surface area contributed by atoms with E-state index in [1.807, 2.05) is 41.5 Å². The van der Waals surface area contributed by atoms with Crippen LogP contribution < -0.4 is 0 Å². The first-order valence-corrected chi connectivity index (χ1v) is 4.98. The molecular formula is C11H22O2. The van der Waals surface area contributed by atoms with Crippen molar-refractivity contribution in [3.8, 4) is 0 Å². The number of esters is 1. The molecule has 0 unspecified atom stereocenters. The second-order valence-electron chi connectivity index (χ2n) is 4.74. The van der Waals surface area contributed by atoms with Gasteiger partial charge >= 0.3 is 5.97 Å². The highest BCUT2D eigenvalue weighted by Crippen LogP contribution is 2.25.